The van der Waals surface area contributed by atoms with E-state index in [1.165, 1.54) is 4.88 Å². The van der Waals surface area contributed by atoms with Crippen molar-refractivity contribution in [3.63, 3.8) is 0 Å². The molecule has 0 aliphatic carbocycles. The van der Waals surface area contributed by atoms with Gasteiger partial charge in [-0.15, -0.1) is 11.3 Å². The third-order valence-electron chi connectivity index (χ3n) is 5.81. The lowest BCUT2D eigenvalue weighted by atomic mass is 9.95. The number of hydrogen-bond acceptors (Lipinski definition) is 5. The predicted molar refractivity (Wildman–Crippen MR) is 114 cm³/mol. The van der Waals surface area contributed by atoms with Crippen LogP contribution in [0.5, 0.6) is 0 Å². The van der Waals surface area contributed by atoms with Gasteiger partial charge < -0.3 is 24.3 Å². The number of urea groups is 1. The van der Waals surface area contributed by atoms with Gasteiger partial charge in [-0.05, 0) is 49.3 Å². The van der Waals surface area contributed by atoms with Gasteiger partial charge in [0.2, 0.25) is 5.91 Å². The predicted octanol–water partition coefficient (Wildman–Crippen LogP) is 3.47. The van der Waals surface area contributed by atoms with Crippen LogP contribution in [0.25, 0.3) is 0 Å². The fourth-order valence-corrected chi connectivity index (χ4v) is 4.85. The second-order valence-electron chi connectivity index (χ2n) is 7.93. The summed E-state index contributed by atoms with van der Waals surface area (Å²) in [6.45, 7) is 3.64. The van der Waals surface area contributed by atoms with Crippen LogP contribution in [0.4, 0.5) is 4.79 Å². The fraction of sp³-hybridized carbons (Fsp3) is 0.545. The van der Waals surface area contributed by atoms with Crippen LogP contribution in [0.15, 0.2) is 40.3 Å². The van der Waals surface area contributed by atoms with Crippen LogP contribution < -0.4 is 5.32 Å². The van der Waals surface area contributed by atoms with E-state index in [2.05, 4.69) is 11.4 Å². The van der Waals surface area contributed by atoms with Crippen LogP contribution in [-0.2, 0) is 22.6 Å². The fourth-order valence-electron chi connectivity index (χ4n) is 4.13. The topological polar surface area (TPSA) is 75.0 Å². The van der Waals surface area contributed by atoms with Gasteiger partial charge in [0.1, 0.15) is 5.76 Å². The third-order valence-corrected chi connectivity index (χ3v) is 6.67. The second-order valence-corrected chi connectivity index (χ2v) is 8.96. The second kappa shape index (κ2) is 10.1. The Bertz CT molecular complexity index is 794. The Balaban J connectivity index is 1.29. The summed E-state index contributed by atoms with van der Waals surface area (Å²) in [5.74, 6) is 0.877. The smallest absolute Gasteiger partial charge is 0.317 e. The number of nitrogens with one attached hydrogen (secondary N) is 1. The summed E-state index contributed by atoms with van der Waals surface area (Å²) in [5, 5.41) is 4.93. The van der Waals surface area contributed by atoms with Crippen molar-refractivity contribution in [3.05, 3.63) is 46.5 Å². The molecule has 162 valence electrons. The number of thiophene rings is 1. The molecule has 2 aliphatic rings. The molecule has 1 N–H and O–H groups in total. The van der Waals surface area contributed by atoms with Crippen LogP contribution in [0.2, 0.25) is 0 Å². The molecule has 2 aliphatic heterocycles. The minimum Gasteiger partial charge on any atom is -0.467 e. The molecule has 0 bridgehead atoms. The molecule has 0 radical (unpaired) electrons. The lowest BCUT2D eigenvalue weighted by Crippen LogP contribution is -2.48. The Labute approximate surface area is 181 Å². The molecule has 30 heavy (non-hydrogen) atoms. The number of amides is 3. The van der Waals surface area contributed by atoms with Crippen molar-refractivity contribution >= 4 is 23.3 Å². The zero-order valence-corrected chi connectivity index (χ0v) is 17.9. The van der Waals surface area contributed by atoms with Gasteiger partial charge in [0, 0.05) is 37.0 Å². The van der Waals surface area contributed by atoms with Gasteiger partial charge in [0.15, 0.2) is 0 Å². The third kappa shape index (κ3) is 5.43. The van der Waals surface area contributed by atoms with Crippen LogP contribution in [-0.4, -0.2) is 54.1 Å². The number of ether oxygens (including phenoxy) is 1. The summed E-state index contributed by atoms with van der Waals surface area (Å²) in [6.07, 6.45) is 5.21. The molecule has 2 saturated heterocycles. The monoisotopic (exact) mass is 431 g/mol. The molecule has 3 amide bonds. The zero-order valence-electron chi connectivity index (χ0n) is 17.1. The molecular weight excluding hydrogens is 402 g/mol. The molecule has 4 heterocycles. The van der Waals surface area contributed by atoms with Gasteiger partial charge in [-0.3, -0.25) is 4.79 Å². The highest BCUT2D eigenvalue weighted by atomic mass is 32.1. The van der Waals surface area contributed by atoms with E-state index in [-0.39, 0.29) is 24.0 Å². The largest absolute Gasteiger partial charge is 0.467 e. The summed E-state index contributed by atoms with van der Waals surface area (Å²) in [5.41, 5.74) is 0. The van der Waals surface area contributed by atoms with Crippen LogP contribution in [0.1, 0.15) is 36.3 Å². The summed E-state index contributed by atoms with van der Waals surface area (Å²) >= 11 is 1.68. The van der Waals surface area contributed by atoms with E-state index in [0.717, 1.165) is 25.2 Å². The molecule has 7 nitrogen and oxygen atoms in total. The first kappa shape index (κ1) is 20.9. The molecule has 1 unspecified atom stereocenters. The Morgan fingerprint density at radius 2 is 2.07 bits per heavy atom. The average molecular weight is 432 g/mol. The first-order valence-electron chi connectivity index (χ1n) is 10.7. The van der Waals surface area contributed by atoms with E-state index in [4.69, 9.17) is 9.15 Å². The summed E-state index contributed by atoms with van der Waals surface area (Å²) in [6, 6.07) is 7.63. The van der Waals surface area contributed by atoms with Crippen molar-refractivity contribution in [2.24, 2.45) is 5.92 Å². The van der Waals surface area contributed by atoms with E-state index in [0.29, 0.717) is 45.6 Å². The number of likely N-dealkylation sites (tertiary alicyclic amines) is 1. The highest BCUT2D eigenvalue weighted by Gasteiger charge is 2.32. The first-order chi connectivity index (χ1) is 14.7. The van der Waals surface area contributed by atoms with Crippen molar-refractivity contribution in [3.8, 4) is 0 Å². The maximum absolute atomic E-state index is 13.3. The number of piperidine rings is 1. The minimum atomic E-state index is -0.105. The summed E-state index contributed by atoms with van der Waals surface area (Å²) in [4.78, 5) is 30.7. The van der Waals surface area contributed by atoms with E-state index in [9.17, 15) is 9.59 Å². The highest BCUT2D eigenvalue weighted by Crippen LogP contribution is 2.24. The lowest BCUT2D eigenvalue weighted by molar-refractivity contribution is -0.139. The molecule has 8 heteroatoms. The number of carbonyl (C=O) groups excluding carboxylic acids is 2. The molecule has 2 aromatic rings. The van der Waals surface area contributed by atoms with Gasteiger partial charge >= 0.3 is 6.03 Å². The summed E-state index contributed by atoms with van der Waals surface area (Å²) in [7, 11) is 0. The first-order valence-corrected chi connectivity index (χ1v) is 11.5. The van der Waals surface area contributed by atoms with E-state index in [1.807, 2.05) is 22.4 Å². The number of furan rings is 1. The van der Waals surface area contributed by atoms with Crippen molar-refractivity contribution in [1.82, 2.24) is 15.1 Å². The van der Waals surface area contributed by atoms with Gasteiger partial charge in [0.05, 0.1) is 25.5 Å². The standard InChI is InChI=1S/C22H29N3O4S/c26-21(25(15-19-5-2-12-29-19)16-20-6-3-13-30-20)17-7-9-24(10-8-17)22(27)23-14-18-4-1-11-28-18/h1,3-4,6,11,13,17,19H,2,5,7-10,12,14-16H2,(H,23,27). The minimum absolute atomic E-state index is 0.0412. The van der Waals surface area contributed by atoms with Crippen molar-refractivity contribution in [1.29, 1.82) is 0 Å². The van der Waals surface area contributed by atoms with Gasteiger partial charge in [-0.25, -0.2) is 4.79 Å². The molecule has 0 aromatic carbocycles. The Hall–Kier alpha value is -2.32. The summed E-state index contributed by atoms with van der Waals surface area (Å²) < 4.78 is 11.0. The SMILES string of the molecule is O=C(NCc1ccco1)N1CCC(C(=O)N(Cc2cccs2)CC2CCCO2)CC1. The maximum Gasteiger partial charge on any atom is 0.317 e. The van der Waals surface area contributed by atoms with Crippen molar-refractivity contribution in [2.45, 2.75) is 44.9 Å². The quantitative estimate of drug-likeness (QED) is 0.728. The highest BCUT2D eigenvalue weighted by molar-refractivity contribution is 7.09. The number of carbonyl (C=O) groups is 2. The molecule has 4 rings (SSSR count). The van der Waals surface area contributed by atoms with Gasteiger partial charge in [0.25, 0.3) is 0 Å². The van der Waals surface area contributed by atoms with Crippen LogP contribution >= 0.6 is 11.3 Å². The van der Waals surface area contributed by atoms with Crippen LogP contribution in [0, 0.1) is 5.92 Å². The van der Waals surface area contributed by atoms with E-state index >= 15 is 0 Å². The molecular formula is C22H29N3O4S. The van der Waals surface area contributed by atoms with E-state index < -0.39 is 0 Å². The van der Waals surface area contributed by atoms with Gasteiger partial charge in [-0.2, -0.15) is 0 Å². The molecule has 2 aromatic heterocycles. The maximum atomic E-state index is 13.3. The number of hydrogen-bond donors (Lipinski definition) is 1. The molecule has 0 spiro atoms. The van der Waals surface area contributed by atoms with Crippen molar-refractivity contribution in [2.75, 3.05) is 26.2 Å². The normalized spacial score (nSPS) is 19.7. The molecule has 2 fully saturated rings. The molecule has 0 saturated carbocycles. The Morgan fingerprint density at radius 3 is 2.73 bits per heavy atom. The number of nitrogens with zero attached hydrogens (tertiary/aromatic N) is 2. The van der Waals surface area contributed by atoms with E-state index in [1.54, 1.807) is 28.6 Å². The Morgan fingerprint density at radius 1 is 1.20 bits per heavy atom. The average Bonchev–Trinajstić information content (AvgIpc) is 3.55. The Kier molecular flexibility index (Phi) is 7.07. The number of rotatable bonds is 7. The molecule has 1 atom stereocenters. The zero-order chi connectivity index (χ0) is 20.8. The lowest BCUT2D eigenvalue weighted by Gasteiger charge is -2.35. The van der Waals surface area contributed by atoms with Crippen molar-refractivity contribution < 1.29 is 18.7 Å². The van der Waals surface area contributed by atoms with Crippen LogP contribution in [0.3, 0.4) is 0 Å². The van der Waals surface area contributed by atoms with Gasteiger partial charge in [-0.1, -0.05) is 6.07 Å².